The van der Waals surface area contributed by atoms with Crippen LogP contribution in [0.1, 0.15) is 28.7 Å². The summed E-state index contributed by atoms with van der Waals surface area (Å²) in [5.41, 5.74) is 2.05. The summed E-state index contributed by atoms with van der Waals surface area (Å²) in [6.45, 7) is 4.77. The first-order valence-corrected chi connectivity index (χ1v) is 10.7. The number of anilines is 2. The summed E-state index contributed by atoms with van der Waals surface area (Å²) in [5, 5.41) is 2.68. The van der Waals surface area contributed by atoms with Crippen molar-refractivity contribution in [2.45, 2.75) is 25.7 Å². The van der Waals surface area contributed by atoms with Crippen molar-refractivity contribution in [3.05, 3.63) is 71.5 Å². The maximum atomic E-state index is 12.6. The average Bonchev–Trinajstić information content (AvgIpc) is 2.67. The molecule has 0 aliphatic carbocycles. The maximum Gasteiger partial charge on any atom is 0.308 e. The monoisotopic (exact) mass is 440 g/mol. The Labute approximate surface area is 179 Å². The number of sulfonamides is 1. The third-order valence-corrected chi connectivity index (χ3v) is 5.35. The molecule has 1 amide bonds. The highest BCUT2D eigenvalue weighted by Gasteiger charge is 2.16. The van der Waals surface area contributed by atoms with E-state index in [0.29, 0.717) is 28.4 Å². The van der Waals surface area contributed by atoms with Gasteiger partial charge in [0.05, 0.1) is 4.90 Å². The van der Waals surface area contributed by atoms with Gasteiger partial charge in [-0.1, -0.05) is 0 Å². The van der Waals surface area contributed by atoms with Gasteiger partial charge < -0.3 is 10.1 Å². The molecule has 0 aliphatic heterocycles. The molecule has 9 nitrogen and oxygen atoms in total. The zero-order valence-electron chi connectivity index (χ0n) is 17.0. The topological polar surface area (TPSA) is 127 Å². The van der Waals surface area contributed by atoms with Crippen LogP contribution in [0.2, 0.25) is 0 Å². The van der Waals surface area contributed by atoms with E-state index in [1.165, 1.54) is 55.5 Å². The fraction of sp³-hybridized carbons (Fsp3) is 0.143. The van der Waals surface area contributed by atoms with Crippen molar-refractivity contribution in [3.8, 4) is 5.75 Å². The lowest BCUT2D eigenvalue weighted by Crippen LogP contribution is -2.16. The lowest BCUT2D eigenvalue weighted by molar-refractivity contribution is -0.131. The molecule has 2 N–H and O–H groups in total. The number of rotatable bonds is 6. The molecule has 31 heavy (non-hydrogen) atoms. The molecule has 1 aromatic heterocycles. The van der Waals surface area contributed by atoms with Crippen molar-refractivity contribution in [2.75, 3.05) is 10.0 Å². The van der Waals surface area contributed by atoms with Gasteiger partial charge in [-0.25, -0.2) is 23.1 Å². The number of benzene rings is 2. The van der Waals surface area contributed by atoms with Crippen molar-refractivity contribution in [2.24, 2.45) is 0 Å². The number of carbonyl (C=O) groups excluding carboxylic acids is 2. The summed E-state index contributed by atoms with van der Waals surface area (Å²) in [6, 6.07) is 13.5. The predicted octanol–water partition coefficient (Wildman–Crippen LogP) is 3.07. The molecule has 3 rings (SSSR count). The largest absolute Gasteiger partial charge is 0.427 e. The summed E-state index contributed by atoms with van der Waals surface area (Å²) in [7, 11) is -3.89. The molecular formula is C21H20N4O5S. The molecule has 1 heterocycles. The second-order valence-electron chi connectivity index (χ2n) is 6.68. The standard InChI is InChI=1S/C21H20N4O5S/c1-13-12-14(2)23-21(22-13)25-31(28,29)19-10-6-17(7-11-19)24-20(27)16-4-8-18(9-5-16)30-15(3)26/h4-12H,1-3H3,(H,24,27)(H,22,23,25). The number of carbonyl (C=O) groups is 2. The minimum Gasteiger partial charge on any atom is -0.427 e. The number of hydrogen-bond acceptors (Lipinski definition) is 7. The van der Waals surface area contributed by atoms with Crippen molar-refractivity contribution < 1.29 is 22.7 Å². The van der Waals surface area contributed by atoms with Crippen LogP contribution >= 0.6 is 0 Å². The van der Waals surface area contributed by atoms with Crippen molar-refractivity contribution in [1.29, 1.82) is 0 Å². The number of nitrogens with zero attached hydrogens (tertiary/aromatic N) is 2. The van der Waals surface area contributed by atoms with Crippen LogP contribution in [0.3, 0.4) is 0 Å². The van der Waals surface area contributed by atoms with Crippen LogP contribution < -0.4 is 14.8 Å². The Balaban J connectivity index is 1.69. The first-order valence-electron chi connectivity index (χ1n) is 9.17. The number of ether oxygens (including phenoxy) is 1. The smallest absolute Gasteiger partial charge is 0.308 e. The van der Waals surface area contributed by atoms with E-state index in [0.717, 1.165) is 0 Å². The van der Waals surface area contributed by atoms with Gasteiger partial charge in [-0.3, -0.25) is 9.59 Å². The quantitative estimate of drug-likeness (QED) is 0.445. The van der Waals surface area contributed by atoms with E-state index in [1.54, 1.807) is 19.9 Å². The molecule has 0 spiro atoms. The Morgan fingerprint density at radius 3 is 2.03 bits per heavy atom. The molecule has 0 bridgehead atoms. The first kappa shape index (κ1) is 21.9. The van der Waals surface area contributed by atoms with Gasteiger partial charge in [0.15, 0.2) is 0 Å². The Bertz CT molecular complexity index is 1200. The first-order chi connectivity index (χ1) is 14.6. The second-order valence-corrected chi connectivity index (χ2v) is 8.36. The number of amides is 1. The predicted molar refractivity (Wildman–Crippen MR) is 114 cm³/mol. The highest BCUT2D eigenvalue weighted by molar-refractivity contribution is 7.92. The summed E-state index contributed by atoms with van der Waals surface area (Å²) >= 11 is 0. The van der Waals surface area contributed by atoms with Gasteiger partial charge in [0.1, 0.15) is 5.75 Å². The van der Waals surface area contributed by atoms with E-state index in [9.17, 15) is 18.0 Å². The van der Waals surface area contributed by atoms with Gasteiger partial charge in [0.25, 0.3) is 15.9 Å². The number of hydrogen-bond donors (Lipinski definition) is 2. The number of aryl methyl sites for hydroxylation is 2. The van der Waals surface area contributed by atoms with Crippen LogP contribution in [0.25, 0.3) is 0 Å². The molecule has 0 unspecified atom stereocenters. The molecule has 0 aliphatic rings. The zero-order valence-corrected chi connectivity index (χ0v) is 17.9. The Morgan fingerprint density at radius 2 is 1.48 bits per heavy atom. The zero-order chi connectivity index (χ0) is 22.6. The van der Waals surface area contributed by atoms with Gasteiger partial charge in [0, 0.05) is 29.6 Å². The third kappa shape index (κ3) is 5.86. The SMILES string of the molecule is CC(=O)Oc1ccc(C(=O)Nc2ccc(S(=O)(=O)Nc3nc(C)cc(C)n3)cc2)cc1. The average molecular weight is 440 g/mol. The number of nitrogens with one attached hydrogen (secondary N) is 2. The van der Waals surface area contributed by atoms with Crippen LogP contribution in [-0.2, 0) is 14.8 Å². The summed E-state index contributed by atoms with van der Waals surface area (Å²) in [4.78, 5) is 31.5. The molecule has 0 atom stereocenters. The molecule has 10 heteroatoms. The fourth-order valence-corrected chi connectivity index (χ4v) is 3.66. The highest BCUT2D eigenvalue weighted by atomic mass is 32.2. The molecule has 0 fully saturated rings. The van der Waals surface area contributed by atoms with E-state index in [1.807, 2.05) is 0 Å². The van der Waals surface area contributed by atoms with E-state index < -0.39 is 21.9 Å². The minimum absolute atomic E-state index is 0.000933. The summed E-state index contributed by atoms with van der Waals surface area (Å²) in [5.74, 6) is -0.524. The molecule has 0 saturated heterocycles. The van der Waals surface area contributed by atoms with Crippen molar-refractivity contribution in [1.82, 2.24) is 9.97 Å². The molecule has 160 valence electrons. The second kappa shape index (κ2) is 8.92. The Hall–Kier alpha value is -3.79. The van der Waals surface area contributed by atoms with Gasteiger partial charge in [-0.2, -0.15) is 0 Å². The van der Waals surface area contributed by atoms with Crippen LogP contribution in [0.5, 0.6) is 5.75 Å². The van der Waals surface area contributed by atoms with Crippen molar-refractivity contribution >= 4 is 33.5 Å². The molecule has 0 radical (unpaired) electrons. The van der Waals surface area contributed by atoms with Gasteiger partial charge in [-0.05, 0) is 68.4 Å². The Morgan fingerprint density at radius 1 is 0.903 bits per heavy atom. The van der Waals surface area contributed by atoms with E-state index >= 15 is 0 Å². The van der Waals surface area contributed by atoms with Crippen molar-refractivity contribution in [3.63, 3.8) is 0 Å². The van der Waals surface area contributed by atoms with E-state index in [2.05, 4.69) is 20.0 Å². The third-order valence-electron chi connectivity index (χ3n) is 4.01. The number of aromatic nitrogens is 2. The summed E-state index contributed by atoms with van der Waals surface area (Å²) < 4.78 is 32.4. The van der Waals surface area contributed by atoms with E-state index in [4.69, 9.17) is 4.74 Å². The lowest BCUT2D eigenvalue weighted by Gasteiger charge is -2.10. The van der Waals surface area contributed by atoms with E-state index in [-0.39, 0.29) is 10.8 Å². The maximum absolute atomic E-state index is 12.6. The van der Waals surface area contributed by atoms with Crippen LogP contribution in [0, 0.1) is 13.8 Å². The normalized spacial score (nSPS) is 10.9. The van der Waals surface area contributed by atoms with Crippen LogP contribution in [0.4, 0.5) is 11.6 Å². The van der Waals surface area contributed by atoms with Gasteiger partial charge in [-0.15, -0.1) is 0 Å². The van der Waals surface area contributed by atoms with Crippen LogP contribution in [-0.4, -0.2) is 30.3 Å². The molecule has 2 aromatic carbocycles. The molecular weight excluding hydrogens is 420 g/mol. The van der Waals surface area contributed by atoms with Gasteiger partial charge in [0.2, 0.25) is 5.95 Å². The molecule has 3 aromatic rings. The highest BCUT2D eigenvalue weighted by Crippen LogP contribution is 2.18. The molecule has 0 saturated carbocycles. The van der Waals surface area contributed by atoms with Gasteiger partial charge >= 0.3 is 5.97 Å². The minimum atomic E-state index is -3.89. The number of esters is 1. The fourth-order valence-electron chi connectivity index (χ4n) is 2.71. The Kier molecular flexibility index (Phi) is 6.30. The lowest BCUT2D eigenvalue weighted by atomic mass is 10.2. The summed E-state index contributed by atoms with van der Waals surface area (Å²) in [6.07, 6.45) is 0. The van der Waals surface area contributed by atoms with Crippen LogP contribution in [0.15, 0.2) is 59.5 Å².